The molecule has 0 heterocycles. The van der Waals surface area contributed by atoms with E-state index in [0.29, 0.717) is 18.8 Å². The second-order valence-corrected chi connectivity index (χ2v) is 5.32. The van der Waals surface area contributed by atoms with Gasteiger partial charge in [0, 0.05) is 30.4 Å². The number of amides is 1. The molecule has 17 heavy (non-hydrogen) atoms. The van der Waals surface area contributed by atoms with E-state index in [1.54, 1.807) is 4.90 Å². The number of unbranched alkanes of at least 4 members (excludes halogenated alkanes) is 1. The van der Waals surface area contributed by atoms with E-state index in [9.17, 15) is 4.79 Å². The van der Waals surface area contributed by atoms with Crippen LogP contribution in [0.2, 0.25) is 0 Å². The molecule has 0 bridgehead atoms. The van der Waals surface area contributed by atoms with E-state index in [1.165, 1.54) is 0 Å². The normalized spacial score (nSPS) is 10.3. The molecular formula is C13H17BrClNO. The van der Waals surface area contributed by atoms with Gasteiger partial charge in [-0.3, -0.25) is 4.79 Å². The van der Waals surface area contributed by atoms with Gasteiger partial charge in [-0.1, -0.05) is 28.1 Å². The lowest BCUT2D eigenvalue weighted by atomic mass is 10.2. The summed E-state index contributed by atoms with van der Waals surface area (Å²) in [7, 11) is 1.84. The van der Waals surface area contributed by atoms with Gasteiger partial charge in [0.15, 0.2) is 0 Å². The molecule has 0 aliphatic rings. The zero-order valence-corrected chi connectivity index (χ0v) is 12.3. The maximum absolute atomic E-state index is 11.8. The quantitative estimate of drug-likeness (QED) is 0.577. The largest absolute Gasteiger partial charge is 0.341 e. The highest BCUT2D eigenvalue weighted by atomic mass is 79.9. The van der Waals surface area contributed by atoms with E-state index >= 15 is 0 Å². The van der Waals surface area contributed by atoms with E-state index in [-0.39, 0.29) is 5.91 Å². The van der Waals surface area contributed by atoms with Gasteiger partial charge in [0.05, 0.1) is 0 Å². The zero-order valence-electron chi connectivity index (χ0n) is 9.96. The highest BCUT2D eigenvalue weighted by Gasteiger charge is 2.08. The SMILES string of the molecule is CN(Cc1cccc(Br)c1)C(=O)CCCCCl. The van der Waals surface area contributed by atoms with Crippen molar-refractivity contribution < 1.29 is 4.79 Å². The molecule has 1 amide bonds. The topological polar surface area (TPSA) is 20.3 Å². The number of benzene rings is 1. The second-order valence-electron chi connectivity index (χ2n) is 4.03. The van der Waals surface area contributed by atoms with Gasteiger partial charge in [-0.2, -0.15) is 0 Å². The molecule has 1 aromatic rings. The van der Waals surface area contributed by atoms with Crippen LogP contribution in [0.15, 0.2) is 28.7 Å². The summed E-state index contributed by atoms with van der Waals surface area (Å²) in [5.41, 5.74) is 1.13. The van der Waals surface area contributed by atoms with Crippen LogP contribution in [-0.2, 0) is 11.3 Å². The standard InChI is InChI=1S/C13H17BrClNO/c1-16(13(17)7-2-3-8-15)10-11-5-4-6-12(14)9-11/h4-6,9H,2-3,7-8,10H2,1H3. The smallest absolute Gasteiger partial charge is 0.222 e. The molecule has 0 N–H and O–H groups in total. The molecule has 0 aliphatic heterocycles. The molecule has 0 unspecified atom stereocenters. The Balaban J connectivity index is 2.43. The lowest BCUT2D eigenvalue weighted by Crippen LogP contribution is -2.25. The van der Waals surface area contributed by atoms with Crippen molar-refractivity contribution in [2.75, 3.05) is 12.9 Å². The number of rotatable bonds is 6. The van der Waals surface area contributed by atoms with Crippen molar-refractivity contribution >= 4 is 33.4 Å². The summed E-state index contributed by atoms with van der Waals surface area (Å²) >= 11 is 9.00. The molecular weight excluding hydrogens is 302 g/mol. The molecule has 0 radical (unpaired) electrons. The van der Waals surface area contributed by atoms with Crippen LogP contribution in [0.3, 0.4) is 0 Å². The van der Waals surface area contributed by atoms with Gasteiger partial charge < -0.3 is 4.90 Å². The first-order valence-corrected chi connectivity index (χ1v) is 7.00. The fraction of sp³-hybridized carbons (Fsp3) is 0.462. The van der Waals surface area contributed by atoms with Gasteiger partial charge >= 0.3 is 0 Å². The van der Waals surface area contributed by atoms with Gasteiger partial charge in [0.25, 0.3) is 0 Å². The third-order valence-electron chi connectivity index (χ3n) is 2.51. The predicted octanol–water partition coefficient (Wildman–Crippen LogP) is 3.82. The van der Waals surface area contributed by atoms with Crippen molar-refractivity contribution in [1.29, 1.82) is 0 Å². The lowest BCUT2D eigenvalue weighted by Gasteiger charge is -2.17. The van der Waals surface area contributed by atoms with Crippen molar-refractivity contribution in [2.45, 2.75) is 25.8 Å². The Morgan fingerprint density at radius 2 is 2.18 bits per heavy atom. The van der Waals surface area contributed by atoms with Crippen LogP contribution in [0, 0.1) is 0 Å². The predicted molar refractivity (Wildman–Crippen MR) is 75.2 cm³/mol. The first-order valence-electron chi connectivity index (χ1n) is 5.68. The van der Waals surface area contributed by atoms with Crippen LogP contribution >= 0.6 is 27.5 Å². The molecule has 1 rings (SSSR count). The Kier molecular flexibility index (Phi) is 6.60. The Bertz CT molecular complexity index is 370. The molecule has 0 atom stereocenters. The third-order valence-corrected chi connectivity index (χ3v) is 3.27. The first-order chi connectivity index (χ1) is 8.13. The van der Waals surface area contributed by atoms with Crippen LogP contribution in [-0.4, -0.2) is 23.7 Å². The van der Waals surface area contributed by atoms with Crippen LogP contribution < -0.4 is 0 Å². The second kappa shape index (κ2) is 7.72. The summed E-state index contributed by atoms with van der Waals surface area (Å²) in [6.45, 7) is 0.652. The summed E-state index contributed by atoms with van der Waals surface area (Å²) in [4.78, 5) is 13.5. The average molecular weight is 319 g/mol. The summed E-state index contributed by atoms with van der Waals surface area (Å²) in [5, 5.41) is 0. The first kappa shape index (κ1) is 14.5. The molecule has 0 fully saturated rings. The fourth-order valence-electron chi connectivity index (χ4n) is 1.56. The van der Waals surface area contributed by atoms with Crippen LogP contribution in [0.1, 0.15) is 24.8 Å². The van der Waals surface area contributed by atoms with Gasteiger partial charge in [-0.25, -0.2) is 0 Å². The van der Waals surface area contributed by atoms with Crippen LogP contribution in [0.5, 0.6) is 0 Å². The monoisotopic (exact) mass is 317 g/mol. The van der Waals surface area contributed by atoms with Crippen LogP contribution in [0.4, 0.5) is 0 Å². The third kappa shape index (κ3) is 5.55. The average Bonchev–Trinajstić information content (AvgIpc) is 2.29. The minimum absolute atomic E-state index is 0.176. The number of carbonyl (C=O) groups is 1. The molecule has 94 valence electrons. The van der Waals surface area contributed by atoms with Gasteiger partial charge in [0.1, 0.15) is 0 Å². The highest BCUT2D eigenvalue weighted by molar-refractivity contribution is 9.10. The molecule has 4 heteroatoms. The maximum Gasteiger partial charge on any atom is 0.222 e. The Morgan fingerprint density at radius 3 is 2.82 bits per heavy atom. The summed E-state index contributed by atoms with van der Waals surface area (Å²) in [6.07, 6.45) is 2.35. The van der Waals surface area contributed by atoms with Crippen molar-refractivity contribution in [1.82, 2.24) is 4.90 Å². The highest BCUT2D eigenvalue weighted by Crippen LogP contribution is 2.13. The lowest BCUT2D eigenvalue weighted by molar-refractivity contribution is -0.130. The van der Waals surface area contributed by atoms with Gasteiger partial charge in [0.2, 0.25) is 5.91 Å². The summed E-state index contributed by atoms with van der Waals surface area (Å²) in [5.74, 6) is 0.804. The molecule has 2 nitrogen and oxygen atoms in total. The molecule has 0 spiro atoms. The van der Waals surface area contributed by atoms with Crippen LogP contribution in [0.25, 0.3) is 0 Å². The maximum atomic E-state index is 11.8. The number of halogens is 2. The summed E-state index contributed by atoms with van der Waals surface area (Å²) in [6, 6.07) is 8.01. The molecule has 0 aliphatic carbocycles. The van der Waals surface area contributed by atoms with E-state index in [4.69, 9.17) is 11.6 Å². The number of carbonyl (C=O) groups excluding carboxylic acids is 1. The molecule has 0 saturated heterocycles. The fourth-order valence-corrected chi connectivity index (χ4v) is 2.19. The Morgan fingerprint density at radius 1 is 1.41 bits per heavy atom. The van der Waals surface area contributed by atoms with E-state index < -0.39 is 0 Å². The Hall–Kier alpha value is -0.540. The minimum Gasteiger partial charge on any atom is -0.341 e. The van der Waals surface area contributed by atoms with Crippen molar-refractivity contribution in [3.05, 3.63) is 34.3 Å². The van der Waals surface area contributed by atoms with Crippen molar-refractivity contribution in [3.8, 4) is 0 Å². The van der Waals surface area contributed by atoms with Crippen molar-refractivity contribution in [3.63, 3.8) is 0 Å². The van der Waals surface area contributed by atoms with E-state index in [1.807, 2.05) is 31.3 Å². The van der Waals surface area contributed by atoms with E-state index in [2.05, 4.69) is 15.9 Å². The molecule has 1 aromatic carbocycles. The Labute approximate surface area is 116 Å². The number of hydrogen-bond donors (Lipinski definition) is 0. The van der Waals surface area contributed by atoms with Crippen molar-refractivity contribution in [2.24, 2.45) is 0 Å². The number of alkyl halides is 1. The van der Waals surface area contributed by atoms with Gasteiger partial charge in [-0.05, 0) is 30.5 Å². The number of nitrogens with zero attached hydrogens (tertiary/aromatic N) is 1. The van der Waals surface area contributed by atoms with E-state index in [0.717, 1.165) is 22.9 Å². The van der Waals surface area contributed by atoms with Gasteiger partial charge in [-0.15, -0.1) is 11.6 Å². The molecule has 0 saturated carbocycles. The number of hydrogen-bond acceptors (Lipinski definition) is 1. The summed E-state index contributed by atoms with van der Waals surface area (Å²) < 4.78 is 1.04. The molecule has 0 aromatic heterocycles. The zero-order chi connectivity index (χ0) is 12.7. The minimum atomic E-state index is 0.176.